The first-order valence-corrected chi connectivity index (χ1v) is 55.5. The molecule has 20 N–H and O–H groups in total. The number of ether oxygens (including phenoxy) is 5. The maximum absolute atomic E-state index is 16.0. The van der Waals surface area contributed by atoms with Crippen LogP contribution in [0.3, 0.4) is 0 Å². The Labute approximate surface area is 780 Å². The smallest absolute Gasteiger partial charge is 0.386 e. The normalized spacial score (nSPS) is 37.0. The number of nitrogens with one attached hydrogen (secondary N) is 3. The zero-order chi connectivity index (χ0) is 95.6. The quantitative estimate of drug-likeness (QED) is 0.0646. The van der Waals surface area contributed by atoms with Gasteiger partial charge in [0.25, 0.3) is 16.7 Å². The van der Waals surface area contributed by atoms with Crippen molar-refractivity contribution < 1.29 is 133 Å². The molecule has 54 nitrogen and oxygen atoms in total. The number of aromatic nitrogens is 22. The molecule has 12 aromatic rings. The van der Waals surface area contributed by atoms with Gasteiger partial charge in [-0.05, 0) is 77.2 Å². The van der Waals surface area contributed by atoms with Crippen molar-refractivity contribution in [2.24, 2.45) is 0 Å². The summed E-state index contributed by atoms with van der Waals surface area (Å²) in [5, 5.41) is 5.66. The molecule has 0 aromatic carbocycles. The minimum atomic E-state index is -4.62. The molecule has 12 aromatic heterocycles. The molecule has 135 heavy (non-hydrogen) atoms. The van der Waals surface area contributed by atoms with E-state index in [4.69, 9.17) is 171 Å². The molecule has 6 bridgehead atoms. The van der Waals surface area contributed by atoms with Gasteiger partial charge in [0.2, 0.25) is 17.8 Å². The summed E-state index contributed by atoms with van der Waals surface area (Å²) >= 11 is 30.7. The predicted octanol–water partition coefficient (Wildman–Crippen LogP) is 2.63. The Kier molecular flexibility index (Phi) is 26.1. The van der Waals surface area contributed by atoms with Gasteiger partial charge in [0.05, 0.1) is 99.7 Å². The standard InChI is InChI=1S/C21H22F3N9O9P2S2.C21H23F2N9O8P2S3.C20H23FN10O9P2S2/c22-10-13-8(39-18(10)32-5-28-11-7(25)1-2-27-15(11)32)3-37-44(36,46)42-14-19(33-6-29-12-16(33)30-20(26)31-17(12)34)40-9(21(14,23)24)4-38-43(35,45)41-13;22-10-9-4-37-42(35,44)39-14-8(38-19(11(14)23)31-5-27-12-7(24)1-2-26-16(12)31)3-36-41(34,43)40-15(10)20(45-9)32-6-28-13-17(32)29-21(25)30-18(13)33;21-11-14-10(38-19(11)30-6-25-12-8(22)1-2-24-15(12)30)5-36-41(33,43)39-9-3-7(4-35-42(34,44)40-14)37-18(9)31-16-13(28-29-31)17(32)27-20(23)26-16/h1-2,5-6,8-10,13-14,18-19H,3-4H2,(H2,25,27)(H,35,45)(H,36,46)(H3,26,30,31,34);1-2,5-6,8-11,14-15,19-20H,3-4H2,(H2,24,26)(H,34,43)(H,35,44)(H3,25,29,30,33);1-2,6-7,9-11,14,18-19H,3-5H2,(H2,22,24)(H,33,43)(H,34,44)(H3,23,26,27,32)/t8-,9-,10+,13-,14+,18-,19-,43?,44?;8-,9-,10+,11+,14-,15-,19-,20-,41?,42?;7-,9+,10+,11-,14+,18+,19+,41?,42?/m110/s1. The van der Waals surface area contributed by atoms with Crippen LogP contribution in [-0.2, 0) is 142 Å². The number of thioether (sulfide) groups is 1. The second-order valence-corrected chi connectivity index (χ2v) is 48.7. The minimum Gasteiger partial charge on any atom is -0.397 e. The molecule has 0 saturated carbocycles. The van der Waals surface area contributed by atoms with E-state index in [2.05, 4.69) is 92.3 Å². The van der Waals surface area contributed by atoms with Crippen molar-refractivity contribution in [1.29, 1.82) is 0 Å². The summed E-state index contributed by atoms with van der Waals surface area (Å²) in [6, 6.07) is 4.56. The van der Waals surface area contributed by atoms with Crippen molar-refractivity contribution in [3.8, 4) is 0 Å². The topological polar surface area (TPSA) is 727 Å². The lowest BCUT2D eigenvalue weighted by atomic mass is 10.1. The van der Waals surface area contributed by atoms with Crippen LogP contribution in [0, 0.1) is 0 Å². The zero-order valence-electron chi connectivity index (χ0n) is 67.1. The van der Waals surface area contributed by atoms with E-state index in [9.17, 15) is 43.4 Å². The number of pyridine rings is 3. The number of imidazole rings is 5. The molecule has 0 spiro atoms. The summed E-state index contributed by atoms with van der Waals surface area (Å²) < 4.78 is 212. The molecule has 73 heteroatoms. The van der Waals surface area contributed by atoms with Gasteiger partial charge in [0.15, 0.2) is 112 Å². The van der Waals surface area contributed by atoms with Crippen LogP contribution >= 0.6 is 64.4 Å². The number of hydrogen-bond donors (Lipinski definition) is 15. The summed E-state index contributed by atoms with van der Waals surface area (Å²) in [6.07, 6.45) is -21.8. The number of hydrogen-bond acceptors (Lipinski definition) is 46. The van der Waals surface area contributed by atoms with E-state index >= 15 is 26.3 Å². The van der Waals surface area contributed by atoms with Gasteiger partial charge in [0.1, 0.15) is 76.9 Å². The van der Waals surface area contributed by atoms with Gasteiger partial charge in [-0.1, -0.05) is 17.5 Å². The van der Waals surface area contributed by atoms with Gasteiger partial charge in [0, 0.05) is 25.0 Å². The molecule has 0 amide bonds. The molecule has 9 aliphatic rings. The summed E-state index contributed by atoms with van der Waals surface area (Å²) in [5.41, 5.74) is 34.5. The second-order valence-electron chi connectivity index (χ2n) is 30.5. The Morgan fingerprint density at radius 2 is 0.822 bits per heavy atom. The number of thiol groups is 1. The van der Waals surface area contributed by atoms with E-state index in [-0.39, 0.29) is 92.5 Å². The van der Waals surface area contributed by atoms with Crippen LogP contribution in [0.15, 0.2) is 82.8 Å². The van der Waals surface area contributed by atoms with Crippen molar-refractivity contribution in [2.75, 3.05) is 74.0 Å². The van der Waals surface area contributed by atoms with E-state index in [1.54, 1.807) is 6.07 Å². The predicted molar refractivity (Wildman–Crippen MR) is 474 cm³/mol. The van der Waals surface area contributed by atoms with Crippen LogP contribution in [-0.4, -0.2) is 275 Å². The third-order valence-corrected chi connectivity index (χ3v) is 32.8. The van der Waals surface area contributed by atoms with E-state index < -0.39 is 230 Å². The molecule has 9 saturated heterocycles. The van der Waals surface area contributed by atoms with Gasteiger partial charge in [-0.3, -0.25) is 79.3 Å². The number of H-pyrrole nitrogens is 3. The molecule has 0 aliphatic carbocycles. The number of halogens is 6. The molecule has 726 valence electrons. The van der Waals surface area contributed by atoms with Crippen molar-refractivity contribution in [2.45, 2.75) is 146 Å². The molecular weight excluding hydrogens is 2080 g/mol. The van der Waals surface area contributed by atoms with Crippen LogP contribution in [0.1, 0.15) is 42.9 Å². The Bertz CT molecular complexity index is 7170. The van der Waals surface area contributed by atoms with Crippen LogP contribution in [0.5, 0.6) is 0 Å². The van der Waals surface area contributed by atoms with Gasteiger partial charge in [-0.2, -0.15) is 19.6 Å². The monoisotopic (exact) mass is 2140 g/mol. The van der Waals surface area contributed by atoms with E-state index in [1.807, 2.05) is 0 Å². The Morgan fingerprint density at radius 1 is 0.430 bits per heavy atom. The fourth-order valence-corrected chi connectivity index (χ4v) is 26.1. The van der Waals surface area contributed by atoms with Crippen LogP contribution < -0.4 is 51.1 Å². The number of alkyl halides is 6. The molecule has 0 radical (unpaired) electrons. The molecule has 21 rings (SSSR count). The number of nitrogens with zero attached hydrogens (tertiary/aromatic N) is 19. The van der Waals surface area contributed by atoms with Gasteiger partial charge >= 0.3 is 46.3 Å². The van der Waals surface area contributed by atoms with Crippen LogP contribution in [0.25, 0.3) is 67.0 Å². The molecular formula is C62H68F6N28O26P6S7. The Balaban J connectivity index is 0.000000130. The molecule has 6 unspecified atom stereocenters. The highest BCUT2D eigenvalue weighted by Gasteiger charge is 2.64. The number of aromatic amines is 3. The minimum absolute atomic E-state index is 0.0121. The van der Waals surface area contributed by atoms with E-state index in [0.717, 1.165) is 27.3 Å². The van der Waals surface area contributed by atoms with Crippen LogP contribution in [0.2, 0.25) is 0 Å². The number of nitrogens with two attached hydrogens (primary N) is 6. The maximum atomic E-state index is 16.0. The summed E-state index contributed by atoms with van der Waals surface area (Å²) in [4.78, 5) is 144. The number of rotatable bonds is 6. The van der Waals surface area contributed by atoms with Crippen LogP contribution in [0.4, 0.5) is 61.2 Å². The third-order valence-electron chi connectivity index (χ3n) is 21.9. The fourth-order valence-electron chi connectivity index (χ4n) is 15.8. The van der Waals surface area contributed by atoms with Crippen molar-refractivity contribution in [3.05, 3.63) is 99.5 Å². The average molecular weight is 2150 g/mol. The number of anilines is 6. The fraction of sp³-hybridized carbons (Fsp3) is 0.484. The highest BCUT2D eigenvalue weighted by Crippen LogP contribution is 2.63. The van der Waals surface area contributed by atoms with Crippen molar-refractivity contribution >= 4 is 225 Å². The second kappa shape index (κ2) is 36.6. The molecule has 28 atom stereocenters. The number of nitrogen functional groups attached to an aromatic ring is 6. The maximum Gasteiger partial charge on any atom is 0.386 e. The lowest BCUT2D eigenvalue weighted by Crippen LogP contribution is -2.42. The number of fused-ring (bicyclic) bond motifs is 15. The first-order chi connectivity index (χ1) is 63.9. The summed E-state index contributed by atoms with van der Waals surface area (Å²) in [5.74, 6) is -4.77. The highest BCUT2D eigenvalue weighted by atomic mass is 32.7. The lowest BCUT2D eigenvalue weighted by molar-refractivity contribution is -0.118. The summed E-state index contributed by atoms with van der Waals surface area (Å²) in [7, 11) is 0. The van der Waals surface area contributed by atoms with Crippen molar-refractivity contribution in [3.63, 3.8) is 0 Å². The zero-order valence-corrected chi connectivity index (χ0v) is 78.3. The molecule has 9 fully saturated rings. The van der Waals surface area contributed by atoms with E-state index in [1.165, 1.54) is 74.3 Å². The Hall–Kier alpha value is -7.48. The average Bonchev–Trinajstić information content (AvgIpc) is 1.68. The lowest BCUT2D eigenvalue weighted by Gasteiger charge is -2.28. The van der Waals surface area contributed by atoms with Gasteiger partial charge in [-0.15, -0.1) is 16.9 Å². The third kappa shape index (κ3) is 18.9. The first-order valence-electron chi connectivity index (χ1n) is 38.9. The van der Waals surface area contributed by atoms with Gasteiger partial charge < -0.3 is 110 Å². The first kappa shape index (κ1) is 96.4. The summed E-state index contributed by atoms with van der Waals surface area (Å²) in [6.45, 7) is -29.9. The molecule has 9 aliphatic heterocycles. The highest BCUT2D eigenvalue weighted by molar-refractivity contribution is 8.44. The Morgan fingerprint density at radius 3 is 1.30 bits per heavy atom. The SMILES string of the molecule is Nc1nc2c(ncn2[C@@H]2O[C@@H]3COP(O)(=S)O[C@H]4[C@H](F)[C@H](n5cnc6c(N)ccnc65)O[C@@H]4COP(O)(=S)O[C@@H]2C3(F)F)c(=O)[nH]1.Nc1nc2c(ncn2[C@@H]2S[C@@H]3COP(=O)(S)O[C@H]4[C@H](F)[C@H](n5cnc6c(N)ccnc65)O[C@@H]4COP(O)(=S)O[C@@H]2[C@H]3F)c(=O)[nH]1.Nc1nc2c(nnn2[C@@H]2O[C@@H]3COP(O)(=S)O[C@H]4[C@H](F)[C@H](n5cnc6c(N)ccnc65)O[C@@H]4COP(O)(=S)O[C@@H]2C3)c(=O)[nH]1. The van der Waals surface area contributed by atoms with Gasteiger partial charge in [-0.25, -0.2) is 70.8 Å². The van der Waals surface area contributed by atoms with E-state index in [0.29, 0.717) is 22.4 Å². The van der Waals surface area contributed by atoms with Crippen molar-refractivity contribution in [1.82, 2.24) is 108 Å². The molecule has 21 heterocycles. The largest absolute Gasteiger partial charge is 0.397 e.